The zero-order valence-electron chi connectivity index (χ0n) is 17.6. The molecule has 31 heavy (non-hydrogen) atoms. The molecule has 3 rings (SSSR count). The molecule has 0 aliphatic carbocycles. The summed E-state index contributed by atoms with van der Waals surface area (Å²) in [5.41, 5.74) is 0.975. The molecule has 1 aromatic heterocycles. The van der Waals surface area contributed by atoms with Gasteiger partial charge in [-0.15, -0.1) is 0 Å². The summed E-state index contributed by atoms with van der Waals surface area (Å²) in [4.78, 5) is 12.6. The number of ether oxygens (including phenoxy) is 1. The number of furan rings is 1. The van der Waals surface area contributed by atoms with Gasteiger partial charge in [-0.2, -0.15) is 4.31 Å². The maximum absolute atomic E-state index is 12.8. The molecule has 11 heteroatoms. The molecule has 0 N–H and O–H groups in total. The largest absolute Gasteiger partial charge is 0.457 e. The number of carbonyl (C=O) groups is 1. The van der Waals surface area contributed by atoms with Crippen LogP contribution in [-0.2, 0) is 36.2 Å². The summed E-state index contributed by atoms with van der Waals surface area (Å²) in [5.74, 6) is -0.668. The molecule has 0 bridgehead atoms. The Morgan fingerprint density at radius 2 is 1.68 bits per heavy atom. The Hall–Kier alpha value is -2.21. The molecule has 0 saturated carbocycles. The van der Waals surface area contributed by atoms with Gasteiger partial charge in [0.05, 0.1) is 10.8 Å². The van der Waals surface area contributed by atoms with Crippen LogP contribution in [0.25, 0.3) is 0 Å². The molecule has 1 aliphatic heterocycles. The van der Waals surface area contributed by atoms with Crippen LogP contribution in [0.15, 0.2) is 50.8 Å². The highest BCUT2D eigenvalue weighted by Crippen LogP contribution is 2.25. The molecule has 0 radical (unpaired) electrons. The lowest BCUT2D eigenvalue weighted by molar-refractivity contribution is -0.151. The van der Waals surface area contributed by atoms with E-state index >= 15 is 0 Å². The number of piperidine rings is 1. The van der Waals surface area contributed by atoms with Crippen molar-refractivity contribution >= 4 is 26.0 Å². The highest BCUT2D eigenvalue weighted by Gasteiger charge is 2.33. The first-order valence-corrected chi connectivity index (χ1v) is 12.6. The molecule has 2 heterocycles. The van der Waals surface area contributed by atoms with Crippen molar-refractivity contribution in [3.05, 3.63) is 47.7 Å². The molecule has 1 saturated heterocycles. The Labute approximate surface area is 182 Å². The fourth-order valence-corrected chi connectivity index (χ4v) is 5.49. The molecular weight excluding hydrogens is 444 g/mol. The Balaban J connectivity index is 1.54. The van der Waals surface area contributed by atoms with Crippen LogP contribution in [0, 0.1) is 12.8 Å². The first kappa shape index (κ1) is 23.5. The molecule has 9 nitrogen and oxygen atoms in total. The summed E-state index contributed by atoms with van der Waals surface area (Å²) >= 11 is 0. The molecule has 1 fully saturated rings. The average molecular weight is 471 g/mol. The summed E-state index contributed by atoms with van der Waals surface area (Å²) in [5, 5.41) is -0.224. The second kappa shape index (κ2) is 9.11. The van der Waals surface area contributed by atoms with Gasteiger partial charge < -0.3 is 9.15 Å². The van der Waals surface area contributed by atoms with Crippen LogP contribution in [0.4, 0.5) is 0 Å². The van der Waals surface area contributed by atoms with Gasteiger partial charge in [-0.3, -0.25) is 4.79 Å². The predicted octanol–water partition coefficient (Wildman–Crippen LogP) is 1.98. The number of hydrogen-bond donors (Lipinski definition) is 0. The second-order valence-electron chi connectivity index (χ2n) is 7.61. The number of hydrogen-bond acceptors (Lipinski definition) is 7. The van der Waals surface area contributed by atoms with Crippen LogP contribution in [-0.4, -0.2) is 58.6 Å². The number of sulfonamides is 2. The van der Waals surface area contributed by atoms with Crippen LogP contribution in [0.5, 0.6) is 0 Å². The van der Waals surface area contributed by atoms with Crippen LogP contribution < -0.4 is 0 Å². The summed E-state index contributed by atoms with van der Waals surface area (Å²) in [6, 6.07) is 9.42. The van der Waals surface area contributed by atoms with E-state index in [4.69, 9.17) is 9.15 Å². The summed E-state index contributed by atoms with van der Waals surface area (Å²) in [7, 11) is -4.51. The fourth-order valence-electron chi connectivity index (χ4n) is 3.21. The predicted molar refractivity (Wildman–Crippen MR) is 112 cm³/mol. The van der Waals surface area contributed by atoms with Gasteiger partial charge in [-0.25, -0.2) is 21.1 Å². The highest BCUT2D eigenvalue weighted by molar-refractivity contribution is 7.89. The number of rotatable bonds is 7. The Morgan fingerprint density at radius 3 is 2.26 bits per heavy atom. The first-order valence-electron chi connectivity index (χ1n) is 9.76. The van der Waals surface area contributed by atoms with Gasteiger partial charge in [0.25, 0.3) is 10.0 Å². The minimum absolute atomic E-state index is 0.191. The van der Waals surface area contributed by atoms with E-state index in [1.807, 2.05) is 6.92 Å². The number of aryl methyl sites for hydroxylation is 1. The zero-order valence-corrected chi connectivity index (χ0v) is 19.3. The van der Waals surface area contributed by atoms with Gasteiger partial charge in [0.2, 0.25) is 15.1 Å². The summed E-state index contributed by atoms with van der Waals surface area (Å²) in [6.45, 7) is 2.14. The van der Waals surface area contributed by atoms with Crippen molar-refractivity contribution in [3.8, 4) is 0 Å². The quantitative estimate of drug-likeness (QED) is 0.569. The SMILES string of the molecule is Cc1ccc(S(=O)(=O)N2CCC(C(=O)OCc3ccc(S(=O)(=O)N(C)C)o3)CC2)cc1. The minimum atomic E-state index is -3.70. The van der Waals surface area contributed by atoms with E-state index in [9.17, 15) is 21.6 Å². The maximum Gasteiger partial charge on any atom is 0.309 e. The molecule has 0 unspecified atom stereocenters. The van der Waals surface area contributed by atoms with Gasteiger partial charge >= 0.3 is 5.97 Å². The lowest BCUT2D eigenvalue weighted by Crippen LogP contribution is -2.40. The van der Waals surface area contributed by atoms with Crippen LogP contribution in [0.2, 0.25) is 0 Å². The van der Waals surface area contributed by atoms with Crippen molar-refractivity contribution in [1.82, 2.24) is 8.61 Å². The van der Waals surface area contributed by atoms with E-state index in [0.717, 1.165) is 9.87 Å². The number of nitrogens with zero attached hydrogens (tertiary/aromatic N) is 2. The van der Waals surface area contributed by atoms with Crippen molar-refractivity contribution in [2.75, 3.05) is 27.2 Å². The number of esters is 1. The third-order valence-corrected chi connectivity index (χ3v) is 8.78. The highest BCUT2D eigenvalue weighted by atomic mass is 32.2. The molecule has 0 spiro atoms. The van der Waals surface area contributed by atoms with Crippen molar-refractivity contribution < 1.29 is 30.8 Å². The Morgan fingerprint density at radius 1 is 1.06 bits per heavy atom. The number of carbonyl (C=O) groups excluding carboxylic acids is 1. The van der Waals surface area contributed by atoms with E-state index in [0.29, 0.717) is 12.8 Å². The molecule has 2 aromatic rings. The first-order chi connectivity index (χ1) is 14.5. The van der Waals surface area contributed by atoms with Crippen LogP contribution in [0.1, 0.15) is 24.2 Å². The maximum atomic E-state index is 12.8. The summed E-state index contributed by atoms with van der Waals surface area (Å²) in [6.07, 6.45) is 0.699. The average Bonchev–Trinajstić information content (AvgIpc) is 3.22. The van der Waals surface area contributed by atoms with Gasteiger partial charge in [-0.05, 0) is 44.0 Å². The fraction of sp³-hybridized carbons (Fsp3) is 0.450. The van der Waals surface area contributed by atoms with Crippen molar-refractivity contribution in [1.29, 1.82) is 0 Å². The zero-order chi connectivity index (χ0) is 22.8. The second-order valence-corrected chi connectivity index (χ2v) is 11.6. The molecule has 170 valence electrons. The van der Waals surface area contributed by atoms with Gasteiger partial charge in [-0.1, -0.05) is 17.7 Å². The minimum Gasteiger partial charge on any atom is -0.457 e. The number of benzene rings is 1. The lowest BCUT2D eigenvalue weighted by atomic mass is 9.98. The molecule has 1 aliphatic rings. The Kier molecular flexibility index (Phi) is 6.89. The summed E-state index contributed by atoms with van der Waals surface area (Å²) < 4.78 is 62.5. The van der Waals surface area contributed by atoms with Crippen molar-refractivity contribution in [2.45, 2.75) is 36.4 Å². The van der Waals surface area contributed by atoms with Crippen LogP contribution >= 0.6 is 0 Å². The van der Waals surface area contributed by atoms with E-state index < -0.39 is 31.9 Å². The lowest BCUT2D eigenvalue weighted by Gasteiger charge is -2.30. The van der Waals surface area contributed by atoms with Gasteiger partial charge in [0.15, 0.2) is 0 Å². The van der Waals surface area contributed by atoms with Crippen molar-refractivity contribution in [3.63, 3.8) is 0 Å². The standard InChI is InChI=1S/C20H26N2O7S2/c1-15-4-7-18(8-5-15)30(24,25)22-12-10-16(11-13-22)20(23)28-14-17-6-9-19(29-17)31(26,27)21(2)3/h4-9,16H,10-14H2,1-3H3. The monoisotopic (exact) mass is 470 g/mol. The molecule has 0 atom stereocenters. The van der Waals surface area contributed by atoms with E-state index in [1.54, 1.807) is 24.3 Å². The van der Waals surface area contributed by atoms with Crippen LogP contribution in [0.3, 0.4) is 0 Å². The molecular formula is C20H26N2O7S2. The molecule has 1 aromatic carbocycles. The van der Waals surface area contributed by atoms with Crippen molar-refractivity contribution in [2.24, 2.45) is 5.92 Å². The third-order valence-electron chi connectivity index (χ3n) is 5.17. The topological polar surface area (TPSA) is 114 Å². The Bertz CT molecular complexity index is 1130. The van der Waals surface area contributed by atoms with E-state index in [1.165, 1.54) is 30.5 Å². The molecule has 0 amide bonds. The third kappa shape index (κ3) is 5.17. The van der Waals surface area contributed by atoms with Gasteiger partial charge in [0.1, 0.15) is 12.4 Å². The van der Waals surface area contributed by atoms with Gasteiger partial charge in [0, 0.05) is 27.2 Å². The van der Waals surface area contributed by atoms with E-state index in [-0.39, 0.29) is 35.4 Å². The smallest absolute Gasteiger partial charge is 0.309 e. The normalized spacial score (nSPS) is 16.5. The van der Waals surface area contributed by atoms with E-state index in [2.05, 4.69) is 0 Å².